The molecule has 6 heteroatoms. The van der Waals surface area contributed by atoms with Gasteiger partial charge in [-0.3, -0.25) is 0 Å². The quantitative estimate of drug-likeness (QED) is 0.267. The molecule has 4 nitrogen and oxygen atoms in total. The third-order valence-corrected chi connectivity index (χ3v) is 5.34. The maximum Gasteiger partial charge on any atom is 0.148 e. The van der Waals surface area contributed by atoms with Crippen LogP contribution in [0.1, 0.15) is 27.8 Å². The number of oxime groups is 1. The molecule has 146 valence electrons. The van der Waals surface area contributed by atoms with Crippen molar-refractivity contribution in [3.8, 4) is 11.8 Å². The van der Waals surface area contributed by atoms with Crippen LogP contribution in [-0.2, 0) is 18.1 Å². The highest BCUT2D eigenvalue weighted by molar-refractivity contribution is 9.11. The van der Waals surface area contributed by atoms with E-state index in [2.05, 4.69) is 74.3 Å². The first-order valence-electron chi connectivity index (χ1n) is 8.87. The SMILES string of the molecule is Cc1ccc(COc2c(Br)cc(/C=N\OCc3ccccc3C#N)cc2Br)cc1. The van der Waals surface area contributed by atoms with Crippen molar-refractivity contribution in [1.29, 1.82) is 5.26 Å². The van der Waals surface area contributed by atoms with Crippen molar-refractivity contribution in [3.63, 3.8) is 0 Å². The smallest absolute Gasteiger partial charge is 0.148 e. The predicted octanol–water partition coefficient (Wildman–Crippen LogP) is 6.52. The third kappa shape index (κ3) is 5.93. The lowest BCUT2D eigenvalue weighted by molar-refractivity contribution is 0.132. The Morgan fingerprint density at radius 1 is 1.00 bits per heavy atom. The number of hydrogen-bond acceptors (Lipinski definition) is 4. The molecule has 0 fully saturated rings. The Morgan fingerprint density at radius 3 is 2.38 bits per heavy atom. The Bertz CT molecular complexity index is 1030. The second-order valence-electron chi connectivity index (χ2n) is 6.36. The van der Waals surface area contributed by atoms with E-state index in [9.17, 15) is 0 Å². The monoisotopic (exact) mass is 512 g/mol. The Labute approximate surface area is 187 Å². The van der Waals surface area contributed by atoms with Gasteiger partial charge in [-0.05, 0) is 68.1 Å². The molecule has 3 aromatic rings. The summed E-state index contributed by atoms with van der Waals surface area (Å²) in [6, 6.07) is 21.5. The molecule has 0 radical (unpaired) electrons. The molecule has 0 saturated heterocycles. The number of rotatable bonds is 7. The molecule has 0 unspecified atom stereocenters. The van der Waals surface area contributed by atoms with E-state index in [1.807, 2.05) is 30.3 Å². The fourth-order valence-corrected chi connectivity index (χ4v) is 4.04. The van der Waals surface area contributed by atoms with Gasteiger partial charge in [0, 0.05) is 5.56 Å². The summed E-state index contributed by atoms with van der Waals surface area (Å²) < 4.78 is 7.59. The Hall–Kier alpha value is -2.62. The predicted molar refractivity (Wildman–Crippen MR) is 121 cm³/mol. The van der Waals surface area contributed by atoms with Gasteiger partial charge in [-0.1, -0.05) is 53.2 Å². The summed E-state index contributed by atoms with van der Waals surface area (Å²) in [5.41, 5.74) is 4.56. The first-order chi connectivity index (χ1) is 14.1. The minimum absolute atomic E-state index is 0.236. The van der Waals surface area contributed by atoms with E-state index in [-0.39, 0.29) is 6.61 Å². The standard InChI is InChI=1S/C23H18Br2N2O2/c1-16-6-8-17(9-7-16)14-28-23-21(24)10-18(11-22(23)25)13-27-29-15-20-5-3-2-4-19(20)12-26/h2-11,13H,14-15H2,1H3/b27-13-. The van der Waals surface area contributed by atoms with Gasteiger partial charge in [0.15, 0.2) is 0 Å². The van der Waals surface area contributed by atoms with E-state index < -0.39 is 0 Å². The molecule has 0 bridgehead atoms. The van der Waals surface area contributed by atoms with Crippen molar-refractivity contribution in [1.82, 2.24) is 0 Å². The number of benzene rings is 3. The van der Waals surface area contributed by atoms with Crippen LogP contribution in [0.4, 0.5) is 0 Å². The molecule has 0 aromatic heterocycles. The Kier molecular flexibility index (Phi) is 7.45. The van der Waals surface area contributed by atoms with Crippen LogP contribution in [0.2, 0.25) is 0 Å². The van der Waals surface area contributed by atoms with Gasteiger partial charge < -0.3 is 9.57 Å². The Balaban J connectivity index is 1.61. The van der Waals surface area contributed by atoms with Gasteiger partial charge in [0.05, 0.1) is 26.8 Å². The van der Waals surface area contributed by atoms with Crippen molar-refractivity contribution in [2.45, 2.75) is 20.1 Å². The molecule has 0 spiro atoms. The fourth-order valence-electron chi connectivity index (χ4n) is 2.59. The zero-order valence-electron chi connectivity index (χ0n) is 15.7. The number of aryl methyl sites for hydroxylation is 1. The lowest BCUT2D eigenvalue weighted by Crippen LogP contribution is -1.98. The molecule has 0 aliphatic carbocycles. The van der Waals surface area contributed by atoms with Crippen molar-refractivity contribution < 1.29 is 9.57 Å². The zero-order valence-corrected chi connectivity index (χ0v) is 18.9. The summed E-state index contributed by atoms with van der Waals surface area (Å²) >= 11 is 7.11. The molecule has 29 heavy (non-hydrogen) atoms. The van der Waals surface area contributed by atoms with Crippen LogP contribution in [0.3, 0.4) is 0 Å². The van der Waals surface area contributed by atoms with Crippen LogP contribution in [0.5, 0.6) is 5.75 Å². The highest BCUT2D eigenvalue weighted by Gasteiger charge is 2.09. The first-order valence-corrected chi connectivity index (χ1v) is 10.5. The van der Waals surface area contributed by atoms with Crippen LogP contribution in [0.25, 0.3) is 0 Å². The highest BCUT2D eigenvalue weighted by Crippen LogP contribution is 2.35. The van der Waals surface area contributed by atoms with E-state index in [0.717, 1.165) is 31.4 Å². The summed E-state index contributed by atoms with van der Waals surface area (Å²) in [6.45, 7) is 2.77. The second kappa shape index (κ2) is 10.2. The highest BCUT2D eigenvalue weighted by atomic mass is 79.9. The molecule has 0 atom stereocenters. The summed E-state index contributed by atoms with van der Waals surface area (Å²) in [4.78, 5) is 5.35. The molecule has 3 aromatic carbocycles. The number of halogens is 2. The van der Waals surface area contributed by atoms with Crippen molar-refractivity contribution >= 4 is 38.1 Å². The zero-order chi connectivity index (χ0) is 20.6. The number of ether oxygens (including phenoxy) is 1. The molecule has 3 rings (SSSR count). The van der Waals surface area contributed by atoms with Gasteiger partial charge in [0.1, 0.15) is 19.0 Å². The summed E-state index contributed by atoms with van der Waals surface area (Å²) in [5.74, 6) is 0.728. The molecular weight excluding hydrogens is 496 g/mol. The topological polar surface area (TPSA) is 54.6 Å². The molecule has 0 amide bonds. The third-order valence-electron chi connectivity index (χ3n) is 4.16. The van der Waals surface area contributed by atoms with E-state index in [0.29, 0.717) is 12.2 Å². The second-order valence-corrected chi connectivity index (χ2v) is 8.07. The van der Waals surface area contributed by atoms with Crippen LogP contribution in [0.15, 0.2) is 74.8 Å². The van der Waals surface area contributed by atoms with Crippen LogP contribution < -0.4 is 4.74 Å². The van der Waals surface area contributed by atoms with Crippen LogP contribution in [0, 0.1) is 18.3 Å². The maximum absolute atomic E-state index is 9.10. The normalized spacial score (nSPS) is 10.7. The fraction of sp³-hybridized carbons (Fsp3) is 0.130. The number of nitriles is 1. The van der Waals surface area contributed by atoms with E-state index in [4.69, 9.17) is 14.8 Å². The van der Waals surface area contributed by atoms with Gasteiger partial charge in [0.25, 0.3) is 0 Å². The Morgan fingerprint density at radius 2 is 1.69 bits per heavy atom. The first kappa shape index (κ1) is 21.1. The van der Waals surface area contributed by atoms with Crippen LogP contribution in [-0.4, -0.2) is 6.21 Å². The van der Waals surface area contributed by atoms with E-state index in [1.54, 1.807) is 12.3 Å². The molecular formula is C23H18Br2N2O2. The van der Waals surface area contributed by atoms with Crippen LogP contribution >= 0.6 is 31.9 Å². The van der Waals surface area contributed by atoms with Gasteiger partial charge in [-0.15, -0.1) is 0 Å². The van der Waals surface area contributed by atoms with E-state index in [1.165, 1.54) is 5.56 Å². The minimum Gasteiger partial charge on any atom is -0.487 e. The molecule has 0 N–H and O–H groups in total. The number of nitrogens with zero attached hydrogens (tertiary/aromatic N) is 2. The average molecular weight is 514 g/mol. The van der Waals surface area contributed by atoms with E-state index >= 15 is 0 Å². The molecule has 0 aliphatic heterocycles. The minimum atomic E-state index is 0.236. The summed E-state index contributed by atoms with van der Waals surface area (Å²) in [6.07, 6.45) is 1.62. The summed E-state index contributed by atoms with van der Waals surface area (Å²) in [5, 5.41) is 13.1. The van der Waals surface area contributed by atoms with Gasteiger partial charge in [-0.25, -0.2) is 0 Å². The molecule has 0 saturated carbocycles. The lowest BCUT2D eigenvalue weighted by atomic mass is 10.1. The largest absolute Gasteiger partial charge is 0.487 e. The van der Waals surface area contributed by atoms with Crippen molar-refractivity contribution in [2.75, 3.05) is 0 Å². The summed E-state index contributed by atoms with van der Waals surface area (Å²) in [7, 11) is 0. The maximum atomic E-state index is 9.10. The van der Waals surface area contributed by atoms with Crippen molar-refractivity contribution in [3.05, 3.63) is 97.4 Å². The molecule has 0 heterocycles. The molecule has 0 aliphatic rings. The van der Waals surface area contributed by atoms with Crippen molar-refractivity contribution in [2.24, 2.45) is 5.16 Å². The van der Waals surface area contributed by atoms with Gasteiger partial charge in [0.2, 0.25) is 0 Å². The van der Waals surface area contributed by atoms with Gasteiger partial charge in [-0.2, -0.15) is 5.26 Å². The number of hydrogen-bond donors (Lipinski definition) is 0. The average Bonchev–Trinajstić information content (AvgIpc) is 2.72. The lowest BCUT2D eigenvalue weighted by Gasteiger charge is -2.11. The van der Waals surface area contributed by atoms with Gasteiger partial charge >= 0.3 is 0 Å².